The molecule has 4 aromatic rings. The Morgan fingerprint density at radius 2 is 1.08 bits per heavy atom. The number of amides is 2. The van der Waals surface area contributed by atoms with Crippen LogP contribution in [0.15, 0.2) is 78.9 Å². The van der Waals surface area contributed by atoms with Crippen molar-refractivity contribution < 1.29 is 32.9 Å². The fourth-order valence-electron chi connectivity index (χ4n) is 4.68. The fourth-order valence-corrected chi connectivity index (χ4v) is 4.68. The van der Waals surface area contributed by atoms with Gasteiger partial charge < -0.3 is 45.5 Å². The standard InChI is InChI=1S/C38H49FN8O6/c1-2-21-50-25-26-51-23-19-41-35(49)31-10-14-33(15-11-31)44-38-46-36(42-17-16-29-8-12-32(39)13-9-29)45-37(47-38)43-20-24-53-28-27-52-22-18-40-34(48)30-6-4-3-5-7-30/h3-15H,2,16-28H2,1H3,(H,40,48)(H,41,49)(H3,42,43,44,45,46,47). The number of benzene rings is 3. The Bertz CT molecular complexity index is 1630. The Balaban J connectivity index is 1.21. The van der Waals surface area contributed by atoms with E-state index in [1.807, 2.05) is 18.2 Å². The molecule has 2 amide bonds. The van der Waals surface area contributed by atoms with E-state index < -0.39 is 0 Å². The van der Waals surface area contributed by atoms with Crippen LogP contribution in [0.4, 0.5) is 27.9 Å². The summed E-state index contributed by atoms with van der Waals surface area (Å²) in [6, 6.07) is 22.3. The van der Waals surface area contributed by atoms with Gasteiger partial charge in [0, 0.05) is 49.6 Å². The molecule has 3 aromatic carbocycles. The Hall–Kier alpha value is -5.22. The molecule has 1 heterocycles. The van der Waals surface area contributed by atoms with Gasteiger partial charge in [-0.25, -0.2) is 4.39 Å². The second kappa shape index (κ2) is 24.1. The highest BCUT2D eigenvalue weighted by molar-refractivity contribution is 5.94. The summed E-state index contributed by atoms with van der Waals surface area (Å²) in [6.45, 7) is 7.41. The lowest BCUT2D eigenvalue weighted by Gasteiger charge is -2.12. The summed E-state index contributed by atoms with van der Waals surface area (Å²) in [5.74, 6) is 0.334. The molecule has 0 aliphatic rings. The van der Waals surface area contributed by atoms with E-state index in [-0.39, 0.29) is 23.6 Å². The molecule has 14 nitrogen and oxygen atoms in total. The van der Waals surface area contributed by atoms with E-state index in [0.717, 1.165) is 12.0 Å². The first-order chi connectivity index (χ1) is 26.0. The number of anilines is 4. The molecule has 0 bridgehead atoms. The van der Waals surface area contributed by atoms with Gasteiger partial charge in [-0.3, -0.25) is 9.59 Å². The summed E-state index contributed by atoms with van der Waals surface area (Å²) in [7, 11) is 0. The van der Waals surface area contributed by atoms with E-state index >= 15 is 0 Å². The highest BCUT2D eigenvalue weighted by Crippen LogP contribution is 2.17. The van der Waals surface area contributed by atoms with Crippen molar-refractivity contribution in [3.8, 4) is 0 Å². The normalized spacial score (nSPS) is 10.8. The fraction of sp³-hybridized carbons (Fsp3) is 0.395. The minimum Gasteiger partial charge on any atom is -0.379 e. The van der Waals surface area contributed by atoms with Crippen molar-refractivity contribution in [3.05, 3.63) is 101 Å². The van der Waals surface area contributed by atoms with Crippen LogP contribution in [0.25, 0.3) is 0 Å². The maximum atomic E-state index is 13.3. The lowest BCUT2D eigenvalue weighted by Crippen LogP contribution is -2.27. The SMILES string of the molecule is CCCOCCOCCNC(=O)c1ccc(Nc2nc(NCCOCCOCCNC(=O)c3ccccc3)nc(NCCc3ccc(F)cc3)n2)cc1. The zero-order valence-electron chi connectivity index (χ0n) is 30.1. The molecule has 0 aliphatic carbocycles. The number of rotatable bonds is 26. The number of nitrogens with one attached hydrogen (secondary N) is 5. The van der Waals surface area contributed by atoms with E-state index in [4.69, 9.17) is 18.9 Å². The van der Waals surface area contributed by atoms with Gasteiger partial charge in [0.15, 0.2) is 0 Å². The van der Waals surface area contributed by atoms with Crippen LogP contribution < -0.4 is 26.6 Å². The molecule has 0 saturated heterocycles. The van der Waals surface area contributed by atoms with E-state index in [1.54, 1.807) is 48.5 Å². The Morgan fingerprint density at radius 1 is 0.566 bits per heavy atom. The van der Waals surface area contributed by atoms with Gasteiger partial charge >= 0.3 is 0 Å². The zero-order valence-corrected chi connectivity index (χ0v) is 30.1. The van der Waals surface area contributed by atoms with Crippen LogP contribution in [-0.2, 0) is 25.4 Å². The number of halogens is 1. The lowest BCUT2D eigenvalue weighted by molar-refractivity contribution is 0.0485. The Kier molecular flexibility index (Phi) is 18.4. The smallest absolute Gasteiger partial charge is 0.251 e. The van der Waals surface area contributed by atoms with E-state index in [9.17, 15) is 14.0 Å². The van der Waals surface area contributed by atoms with Crippen LogP contribution in [-0.4, -0.2) is 106 Å². The van der Waals surface area contributed by atoms with Crippen LogP contribution in [0, 0.1) is 5.82 Å². The minimum atomic E-state index is -0.283. The Morgan fingerprint density at radius 3 is 1.66 bits per heavy atom. The number of aromatic nitrogens is 3. The van der Waals surface area contributed by atoms with Gasteiger partial charge in [-0.2, -0.15) is 15.0 Å². The molecule has 53 heavy (non-hydrogen) atoms. The van der Waals surface area contributed by atoms with Crippen LogP contribution in [0.1, 0.15) is 39.6 Å². The van der Waals surface area contributed by atoms with Gasteiger partial charge in [-0.15, -0.1) is 0 Å². The third-order valence-corrected chi connectivity index (χ3v) is 7.37. The number of ether oxygens (including phenoxy) is 4. The first-order valence-corrected chi connectivity index (χ1v) is 17.8. The summed E-state index contributed by atoms with van der Waals surface area (Å²) in [4.78, 5) is 38.2. The van der Waals surface area contributed by atoms with Gasteiger partial charge in [-0.05, 0) is 66.9 Å². The largest absolute Gasteiger partial charge is 0.379 e. The van der Waals surface area contributed by atoms with Crippen molar-refractivity contribution in [2.75, 3.05) is 95.0 Å². The molecule has 0 aliphatic heterocycles. The third kappa shape index (κ3) is 16.3. The molecule has 0 unspecified atom stereocenters. The van der Waals surface area contributed by atoms with E-state index in [1.165, 1.54) is 12.1 Å². The number of carbonyl (C=O) groups is 2. The number of hydrogen-bond acceptors (Lipinski definition) is 12. The first-order valence-electron chi connectivity index (χ1n) is 17.8. The molecule has 0 radical (unpaired) electrons. The van der Waals surface area contributed by atoms with Crippen LogP contribution in [0.2, 0.25) is 0 Å². The molecule has 0 fully saturated rings. The molecule has 284 valence electrons. The van der Waals surface area contributed by atoms with Crippen molar-refractivity contribution in [3.63, 3.8) is 0 Å². The molecular weight excluding hydrogens is 683 g/mol. The number of hydrogen-bond donors (Lipinski definition) is 5. The molecule has 4 rings (SSSR count). The number of carbonyl (C=O) groups excluding carboxylic acids is 2. The highest BCUT2D eigenvalue weighted by atomic mass is 19.1. The average Bonchev–Trinajstić information content (AvgIpc) is 3.18. The third-order valence-electron chi connectivity index (χ3n) is 7.37. The topological polar surface area (TPSA) is 170 Å². The quantitative estimate of drug-likeness (QED) is 0.0576. The monoisotopic (exact) mass is 732 g/mol. The summed E-state index contributed by atoms with van der Waals surface area (Å²) in [6.07, 6.45) is 1.60. The van der Waals surface area contributed by atoms with Gasteiger partial charge in [0.2, 0.25) is 17.8 Å². The summed E-state index contributed by atoms with van der Waals surface area (Å²) in [5.41, 5.74) is 2.75. The maximum Gasteiger partial charge on any atom is 0.251 e. The van der Waals surface area contributed by atoms with Crippen molar-refractivity contribution in [2.24, 2.45) is 0 Å². The molecule has 1 aromatic heterocycles. The van der Waals surface area contributed by atoms with Gasteiger partial charge in [0.05, 0.1) is 46.2 Å². The minimum absolute atomic E-state index is 0.140. The summed E-state index contributed by atoms with van der Waals surface area (Å²) >= 11 is 0. The van der Waals surface area contributed by atoms with Crippen LogP contribution in [0.5, 0.6) is 0 Å². The van der Waals surface area contributed by atoms with Crippen LogP contribution >= 0.6 is 0 Å². The van der Waals surface area contributed by atoms with E-state index in [2.05, 4.69) is 48.5 Å². The molecule has 0 atom stereocenters. The predicted octanol–water partition coefficient (Wildman–Crippen LogP) is 4.46. The average molecular weight is 733 g/mol. The number of nitrogens with zero attached hydrogens (tertiary/aromatic N) is 3. The molecule has 0 saturated carbocycles. The second-order valence-corrected chi connectivity index (χ2v) is 11.6. The van der Waals surface area contributed by atoms with Gasteiger partial charge in [0.1, 0.15) is 5.82 Å². The van der Waals surface area contributed by atoms with Crippen LogP contribution in [0.3, 0.4) is 0 Å². The molecule has 5 N–H and O–H groups in total. The lowest BCUT2D eigenvalue weighted by atomic mass is 10.1. The second-order valence-electron chi connectivity index (χ2n) is 11.6. The van der Waals surface area contributed by atoms with Crippen molar-refractivity contribution in [1.29, 1.82) is 0 Å². The van der Waals surface area contributed by atoms with E-state index in [0.29, 0.717) is 114 Å². The molecular formula is C38H49FN8O6. The Labute approximate surface area is 309 Å². The van der Waals surface area contributed by atoms with Crippen molar-refractivity contribution in [2.45, 2.75) is 19.8 Å². The first kappa shape index (κ1) is 40.5. The maximum absolute atomic E-state index is 13.3. The van der Waals surface area contributed by atoms with Gasteiger partial charge in [0.25, 0.3) is 11.8 Å². The highest BCUT2D eigenvalue weighted by Gasteiger charge is 2.10. The van der Waals surface area contributed by atoms with Crippen molar-refractivity contribution in [1.82, 2.24) is 25.6 Å². The molecule has 15 heteroatoms. The predicted molar refractivity (Wildman–Crippen MR) is 201 cm³/mol. The summed E-state index contributed by atoms with van der Waals surface area (Å²) < 4.78 is 35.4. The zero-order chi connectivity index (χ0) is 37.4. The molecule has 0 spiro atoms. The summed E-state index contributed by atoms with van der Waals surface area (Å²) in [5, 5.41) is 15.2. The van der Waals surface area contributed by atoms with Gasteiger partial charge in [-0.1, -0.05) is 37.3 Å². The van der Waals surface area contributed by atoms with Crippen molar-refractivity contribution >= 4 is 35.3 Å².